The van der Waals surface area contributed by atoms with Crippen LogP contribution in [0.5, 0.6) is 5.75 Å². The first kappa shape index (κ1) is 20.3. The van der Waals surface area contributed by atoms with E-state index in [4.69, 9.17) is 9.73 Å². The Morgan fingerprint density at radius 1 is 0.719 bits per heavy atom. The van der Waals surface area contributed by atoms with Gasteiger partial charge in [-0.05, 0) is 47.5 Å². The monoisotopic (exact) mass is 435 g/mol. The highest BCUT2D eigenvalue weighted by molar-refractivity contribution is 8.14. The van der Waals surface area contributed by atoms with Crippen LogP contribution in [-0.2, 0) is 5.41 Å². The molecular formula is C28H21NO2S. The Morgan fingerprint density at radius 3 is 1.88 bits per heavy atom. The minimum Gasteiger partial charge on any atom is -0.497 e. The number of thioether (sulfide) groups is 1. The first-order chi connectivity index (χ1) is 15.7. The van der Waals surface area contributed by atoms with Crippen molar-refractivity contribution in [3.05, 3.63) is 126 Å². The molecule has 0 atom stereocenters. The maximum Gasteiger partial charge on any atom is 0.186 e. The number of methoxy groups -OCH3 is 1. The van der Waals surface area contributed by atoms with Gasteiger partial charge in [0.25, 0.3) is 0 Å². The van der Waals surface area contributed by atoms with Crippen LogP contribution in [-0.4, -0.2) is 17.9 Å². The second kappa shape index (κ2) is 8.48. The largest absolute Gasteiger partial charge is 0.497 e. The van der Waals surface area contributed by atoms with E-state index in [0.29, 0.717) is 11.3 Å². The molecule has 5 rings (SSSR count). The van der Waals surface area contributed by atoms with Gasteiger partial charge in [0.15, 0.2) is 5.78 Å². The Morgan fingerprint density at radius 2 is 1.28 bits per heavy atom. The van der Waals surface area contributed by atoms with Gasteiger partial charge in [-0.3, -0.25) is 4.79 Å². The fraction of sp³-hybridized carbons (Fsp3) is 0.0714. The predicted molar refractivity (Wildman–Crippen MR) is 130 cm³/mol. The van der Waals surface area contributed by atoms with E-state index in [9.17, 15) is 4.79 Å². The summed E-state index contributed by atoms with van der Waals surface area (Å²) in [7, 11) is 1.65. The van der Waals surface area contributed by atoms with Crippen molar-refractivity contribution < 1.29 is 9.53 Å². The molecule has 0 aromatic heterocycles. The smallest absolute Gasteiger partial charge is 0.186 e. The number of hydrogen-bond acceptors (Lipinski definition) is 4. The standard InChI is InChI=1S/C28H21NO2S/c1-31-22-16-18-23(19-17-22)32-27-28(20-10-4-2-5-11-20,21-12-6-3-7-13-21)26(30)24-14-8-9-15-25(24)29-27/h2-19H,1H3. The zero-order chi connectivity index (χ0) is 22.0. The third kappa shape index (κ3) is 3.33. The molecule has 0 unspecified atom stereocenters. The van der Waals surface area contributed by atoms with Crippen molar-refractivity contribution in [1.29, 1.82) is 0 Å². The molecular weight excluding hydrogens is 414 g/mol. The highest BCUT2D eigenvalue weighted by atomic mass is 32.2. The number of nitrogens with zero attached hydrogens (tertiary/aromatic N) is 1. The van der Waals surface area contributed by atoms with Gasteiger partial charge in [-0.15, -0.1) is 0 Å². The van der Waals surface area contributed by atoms with Gasteiger partial charge in [-0.25, -0.2) is 4.99 Å². The lowest BCUT2D eigenvalue weighted by Gasteiger charge is -2.37. The number of benzene rings is 4. The highest BCUT2D eigenvalue weighted by Gasteiger charge is 2.50. The van der Waals surface area contributed by atoms with Gasteiger partial charge in [0.2, 0.25) is 0 Å². The molecule has 156 valence electrons. The van der Waals surface area contributed by atoms with Gasteiger partial charge >= 0.3 is 0 Å². The van der Waals surface area contributed by atoms with Crippen LogP contribution in [0.1, 0.15) is 21.5 Å². The van der Waals surface area contributed by atoms with Crippen molar-refractivity contribution in [1.82, 2.24) is 0 Å². The van der Waals surface area contributed by atoms with E-state index in [1.165, 1.54) is 11.8 Å². The van der Waals surface area contributed by atoms with Crippen LogP contribution in [0, 0.1) is 0 Å². The Labute approximate surface area is 191 Å². The molecule has 4 heteroatoms. The number of para-hydroxylation sites is 1. The number of ether oxygens (including phenoxy) is 1. The zero-order valence-corrected chi connectivity index (χ0v) is 18.4. The van der Waals surface area contributed by atoms with Gasteiger partial charge < -0.3 is 4.74 Å². The molecule has 0 aliphatic carbocycles. The third-order valence-corrected chi connectivity index (χ3v) is 6.82. The minimum absolute atomic E-state index is 0.0384. The summed E-state index contributed by atoms with van der Waals surface area (Å²) < 4.78 is 5.31. The highest BCUT2D eigenvalue weighted by Crippen LogP contribution is 2.47. The molecule has 0 N–H and O–H groups in total. The van der Waals surface area contributed by atoms with E-state index in [1.54, 1.807) is 7.11 Å². The maximum atomic E-state index is 14.3. The molecule has 4 aromatic carbocycles. The van der Waals surface area contributed by atoms with E-state index in [2.05, 4.69) is 0 Å². The predicted octanol–water partition coefficient (Wildman–Crippen LogP) is 6.70. The summed E-state index contributed by atoms with van der Waals surface area (Å²) >= 11 is 1.52. The molecule has 0 fully saturated rings. The van der Waals surface area contributed by atoms with Gasteiger partial charge in [0, 0.05) is 10.5 Å². The Balaban J connectivity index is 1.78. The van der Waals surface area contributed by atoms with E-state index in [1.807, 2.05) is 109 Å². The topological polar surface area (TPSA) is 38.7 Å². The zero-order valence-electron chi connectivity index (χ0n) is 17.6. The molecule has 0 amide bonds. The second-order valence-electron chi connectivity index (χ2n) is 7.52. The number of hydrogen-bond donors (Lipinski definition) is 0. The van der Waals surface area contributed by atoms with Crippen LogP contribution in [0.2, 0.25) is 0 Å². The van der Waals surface area contributed by atoms with E-state index < -0.39 is 5.41 Å². The van der Waals surface area contributed by atoms with Crippen molar-refractivity contribution in [3.8, 4) is 5.75 Å². The fourth-order valence-corrected chi connectivity index (χ4v) is 5.28. The first-order valence-electron chi connectivity index (χ1n) is 10.4. The van der Waals surface area contributed by atoms with Crippen molar-refractivity contribution in [2.24, 2.45) is 4.99 Å². The summed E-state index contributed by atoms with van der Waals surface area (Å²) in [6.07, 6.45) is 0. The molecule has 0 bridgehead atoms. The van der Waals surface area contributed by atoms with Gasteiger partial charge in [0.05, 0.1) is 12.8 Å². The average molecular weight is 436 g/mol. The molecule has 1 aliphatic heterocycles. The van der Waals surface area contributed by atoms with Crippen molar-refractivity contribution in [3.63, 3.8) is 0 Å². The minimum atomic E-state index is -1.03. The van der Waals surface area contributed by atoms with Crippen LogP contribution in [0.4, 0.5) is 5.69 Å². The molecule has 0 saturated heterocycles. The van der Waals surface area contributed by atoms with Crippen LogP contribution in [0.25, 0.3) is 0 Å². The number of aliphatic imine (C=N–C) groups is 1. The molecule has 1 aliphatic rings. The number of ketones is 1. The summed E-state index contributed by atoms with van der Waals surface area (Å²) in [6.45, 7) is 0. The van der Waals surface area contributed by atoms with Gasteiger partial charge in [-0.2, -0.15) is 0 Å². The Bertz CT molecular complexity index is 1240. The number of rotatable bonds is 4. The first-order valence-corrected chi connectivity index (χ1v) is 11.2. The average Bonchev–Trinajstić information content (AvgIpc) is 2.86. The summed E-state index contributed by atoms with van der Waals surface area (Å²) in [5, 5.41) is 0.740. The number of fused-ring (bicyclic) bond motifs is 1. The quantitative estimate of drug-likeness (QED) is 0.358. The van der Waals surface area contributed by atoms with E-state index in [0.717, 1.165) is 26.8 Å². The van der Waals surface area contributed by atoms with Crippen molar-refractivity contribution in [2.75, 3.05) is 7.11 Å². The van der Waals surface area contributed by atoms with Gasteiger partial charge in [0.1, 0.15) is 16.2 Å². The summed E-state index contributed by atoms with van der Waals surface area (Å²) in [5.41, 5.74) is 2.13. The molecule has 32 heavy (non-hydrogen) atoms. The van der Waals surface area contributed by atoms with Crippen molar-refractivity contribution in [2.45, 2.75) is 10.3 Å². The van der Waals surface area contributed by atoms with E-state index in [-0.39, 0.29) is 5.78 Å². The molecule has 1 heterocycles. The number of carbonyl (C=O) groups is 1. The summed E-state index contributed by atoms with van der Waals surface area (Å²) in [4.78, 5) is 20.4. The molecule has 3 nitrogen and oxygen atoms in total. The summed E-state index contributed by atoms with van der Waals surface area (Å²) in [6, 6.07) is 35.3. The van der Waals surface area contributed by atoms with Crippen LogP contribution in [0.3, 0.4) is 0 Å². The fourth-order valence-electron chi connectivity index (χ4n) is 4.16. The lowest BCUT2D eigenvalue weighted by atomic mass is 9.68. The number of carbonyl (C=O) groups excluding carboxylic acids is 1. The van der Waals surface area contributed by atoms with E-state index >= 15 is 0 Å². The lowest BCUT2D eigenvalue weighted by molar-refractivity contribution is 0.0949. The SMILES string of the molecule is COc1ccc(SC2=Nc3ccccc3C(=O)C2(c2ccccc2)c2ccccc2)cc1. The normalized spacial score (nSPS) is 14.4. The molecule has 0 radical (unpaired) electrons. The molecule has 4 aromatic rings. The molecule has 0 spiro atoms. The Hall–Kier alpha value is -3.63. The van der Waals surface area contributed by atoms with Crippen LogP contribution in [0.15, 0.2) is 119 Å². The third-order valence-electron chi connectivity index (χ3n) is 5.72. The van der Waals surface area contributed by atoms with Gasteiger partial charge in [-0.1, -0.05) is 84.6 Å². The summed E-state index contributed by atoms with van der Waals surface area (Å²) in [5.74, 6) is 0.829. The second-order valence-corrected chi connectivity index (χ2v) is 8.59. The van der Waals surface area contributed by atoms with Crippen LogP contribution >= 0.6 is 11.8 Å². The molecule has 0 saturated carbocycles. The lowest BCUT2D eigenvalue weighted by Crippen LogP contribution is -2.45. The van der Waals surface area contributed by atoms with Crippen LogP contribution < -0.4 is 4.74 Å². The van der Waals surface area contributed by atoms with Crippen molar-refractivity contribution >= 4 is 28.3 Å². The number of Topliss-reactive ketones (excluding diaryl/α,β-unsaturated/α-hetero) is 1. The maximum absolute atomic E-state index is 14.3. The Kier molecular flexibility index (Phi) is 5.38.